The number of nitrogens with zero attached hydrogens (tertiary/aromatic N) is 2. The van der Waals surface area contributed by atoms with Gasteiger partial charge in [0.05, 0.1) is 13.7 Å². The fraction of sp³-hybridized carbons (Fsp3) is 0.296. The second kappa shape index (κ2) is 10.2. The lowest BCUT2D eigenvalue weighted by Gasteiger charge is -2.24. The highest BCUT2D eigenvalue weighted by atomic mass is 16.5. The van der Waals surface area contributed by atoms with Crippen LogP contribution in [0.3, 0.4) is 0 Å². The number of nitrogens with two attached hydrogens (primary N) is 1. The number of methoxy groups -OCH3 is 1. The average molecular weight is 491 g/mol. The molecule has 0 saturated carbocycles. The van der Waals surface area contributed by atoms with Crippen molar-refractivity contribution in [3.05, 3.63) is 86.3 Å². The summed E-state index contributed by atoms with van der Waals surface area (Å²) in [7, 11) is 1.57. The molecule has 2 aromatic heterocycles. The third kappa shape index (κ3) is 4.77. The first-order chi connectivity index (χ1) is 17.2. The zero-order valence-corrected chi connectivity index (χ0v) is 20.8. The Hall–Kier alpha value is -4.27. The molecule has 0 bridgehead atoms. The van der Waals surface area contributed by atoms with Crippen molar-refractivity contribution < 1.29 is 13.9 Å². The molecule has 1 amide bonds. The van der Waals surface area contributed by atoms with Crippen molar-refractivity contribution in [1.82, 2.24) is 9.55 Å². The third-order valence-electron chi connectivity index (χ3n) is 6.18. The number of hydrogen-bond acceptors (Lipinski definition) is 6. The number of nitrogen functional groups attached to an aromatic ring is 1. The predicted molar refractivity (Wildman–Crippen MR) is 140 cm³/mol. The standard InChI is InChI=1S/C27H30N4O5/c1-16(2)12-13-30(26(33)23-17(3)20-14-19(35-4)10-11-21(20)36-23)22-24(28)31(27(34)29-25(22)32)15-18-8-6-5-7-9-18/h5-11,14,16H,12-13,15,28H2,1-4H3,(H,29,32,34). The summed E-state index contributed by atoms with van der Waals surface area (Å²) in [6.07, 6.45) is 0.607. The third-order valence-corrected chi connectivity index (χ3v) is 6.18. The Morgan fingerprint density at radius 3 is 2.56 bits per heavy atom. The summed E-state index contributed by atoms with van der Waals surface area (Å²) in [6.45, 7) is 6.18. The van der Waals surface area contributed by atoms with Gasteiger partial charge in [-0.15, -0.1) is 0 Å². The molecule has 9 nitrogen and oxygen atoms in total. The van der Waals surface area contributed by atoms with Crippen LogP contribution in [0.15, 0.2) is 62.5 Å². The van der Waals surface area contributed by atoms with Crippen molar-refractivity contribution in [1.29, 1.82) is 0 Å². The number of nitrogens with one attached hydrogen (secondary N) is 1. The van der Waals surface area contributed by atoms with Gasteiger partial charge in [0.1, 0.15) is 17.2 Å². The molecule has 9 heteroatoms. The van der Waals surface area contributed by atoms with Gasteiger partial charge in [0, 0.05) is 17.5 Å². The van der Waals surface area contributed by atoms with E-state index in [1.807, 2.05) is 44.2 Å². The Kier molecular flexibility index (Phi) is 7.00. The number of ether oxygens (including phenoxy) is 1. The molecule has 36 heavy (non-hydrogen) atoms. The van der Waals surface area contributed by atoms with Gasteiger partial charge in [0.25, 0.3) is 11.5 Å². The SMILES string of the molecule is COc1ccc2oc(C(=O)N(CCC(C)C)c3c(N)n(Cc4ccccc4)c(=O)[nH]c3=O)c(C)c2c1. The van der Waals surface area contributed by atoms with E-state index in [9.17, 15) is 14.4 Å². The van der Waals surface area contributed by atoms with Gasteiger partial charge in [-0.2, -0.15) is 0 Å². The maximum atomic E-state index is 13.9. The van der Waals surface area contributed by atoms with Crippen LogP contribution in [-0.2, 0) is 6.54 Å². The van der Waals surface area contributed by atoms with Crippen LogP contribution in [-0.4, -0.2) is 29.1 Å². The summed E-state index contributed by atoms with van der Waals surface area (Å²) < 4.78 is 12.5. The number of anilines is 2. The first kappa shape index (κ1) is 24.8. The van der Waals surface area contributed by atoms with Crippen LogP contribution in [0.2, 0.25) is 0 Å². The number of furan rings is 1. The van der Waals surface area contributed by atoms with E-state index in [4.69, 9.17) is 14.9 Å². The number of carbonyl (C=O) groups is 1. The monoisotopic (exact) mass is 490 g/mol. The van der Waals surface area contributed by atoms with Gasteiger partial charge in [-0.05, 0) is 43.0 Å². The lowest BCUT2D eigenvalue weighted by Crippen LogP contribution is -2.42. The number of aryl methyl sites for hydroxylation is 1. The minimum atomic E-state index is -0.727. The van der Waals surface area contributed by atoms with Gasteiger partial charge < -0.3 is 14.9 Å². The van der Waals surface area contributed by atoms with Crippen LogP contribution in [0.4, 0.5) is 11.5 Å². The van der Waals surface area contributed by atoms with E-state index in [0.717, 1.165) is 10.9 Å². The molecule has 2 heterocycles. The molecule has 0 aliphatic heterocycles. The molecule has 0 spiro atoms. The van der Waals surface area contributed by atoms with E-state index in [-0.39, 0.29) is 36.3 Å². The number of benzene rings is 2. The molecule has 0 aliphatic rings. The number of carbonyl (C=O) groups excluding carboxylic acids is 1. The molecule has 0 radical (unpaired) electrons. The first-order valence-corrected chi connectivity index (χ1v) is 11.8. The Balaban J connectivity index is 1.84. The van der Waals surface area contributed by atoms with Crippen molar-refractivity contribution in [3.8, 4) is 5.75 Å². The van der Waals surface area contributed by atoms with E-state index in [0.29, 0.717) is 23.3 Å². The van der Waals surface area contributed by atoms with Crippen LogP contribution in [0.25, 0.3) is 11.0 Å². The molecule has 188 valence electrons. The zero-order chi connectivity index (χ0) is 26.0. The van der Waals surface area contributed by atoms with Gasteiger partial charge in [-0.3, -0.25) is 24.0 Å². The molecular formula is C27H30N4O5. The fourth-order valence-electron chi connectivity index (χ4n) is 4.12. The summed E-state index contributed by atoms with van der Waals surface area (Å²) in [5.74, 6) is 0.389. The van der Waals surface area contributed by atoms with Crippen molar-refractivity contribution in [3.63, 3.8) is 0 Å². The number of H-pyrrole nitrogens is 1. The maximum absolute atomic E-state index is 13.9. The number of rotatable bonds is 8. The Morgan fingerprint density at radius 2 is 1.89 bits per heavy atom. The number of aromatic amines is 1. The van der Waals surface area contributed by atoms with Crippen molar-refractivity contribution >= 4 is 28.4 Å². The number of aromatic nitrogens is 2. The van der Waals surface area contributed by atoms with E-state index >= 15 is 0 Å². The molecule has 4 aromatic rings. The lowest BCUT2D eigenvalue weighted by atomic mass is 10.1. The molecular weight excluding hydrogens is 460 g/mol. The van der Waals surface area contributed by atoms with Crippen LogP contribution < -0.4 is 26.6 Å². The maximum Gasteiger partial charge on any atom is 0.330 e. The minimum Gasteiger partial charge on any atom is -0.497 e. The van der Waals surface area contributed by atoms with Crippen LogP contribution in [0, 0.1) is 12.8 Å². The Labute approximate surface area is 208 Å². The van der Waals surface area contributed by atoms with Gasteiger partial charge in [-0.25, -0.2) is 4.79 Å². The van der Waals surface area contributed by atoms with Crippen LogP contribution >= 0.6 is 0 Å². The summed E-state index contributed by atoms with van der Waals surface area (Å²) in [5.41, 5.74) is 6.93. The summed E-state index contributed by atoms with van der Waals surface area (Å²) in [4.78, 5) is 43.2. The largest absolute Gasteiger partial charge is 0.497 e. The van der Waals surface area contributed by atoms with Crippen molar-refractivity contribution in [2.45, 2.75) is 33.7 Å². The molecule has 4 rings (SSSR count). The Morgan fingerprint density at radius 1 is 1.17 bits per heavy atom. The quantitative estimate of drug-likeness (QED) is 0.386. The summed E-state index contributed by atoms with van der Waals surface area (Å²) in [6, 6.07) is 14.5. The number of hydrogen-bond donors (Lipinski definition) is 2. The molecule has 3 N–H and O–H groups in total. The molecule has 0 aliphatic carbocycles. The highest BCUT2D eigenvalue weighted by Gasteiger charge is 2.29. The predicted octanol–water partition coefficient (Wildman–Crippen LogP) is 3.92. The molecule has 0 saturated heterocycles. The molecule has 2 aromatic carbocycles. The molecule has 0 fully saturated rings. The van der Waals surface area contributed by atoms with E-state index in [2.05, 4.69) is 4.98 Å². The highest BCUT2D eigenvalue weighted by Crippen LogP contribution is 2.31. The van der Waals surface area contributed by atoms with Gasteiger partial charge in [-0.1, -0.05) is 44.2 Å². The second-order valence-electron chi connectivity index (χ2n) is 9.12. The topological polar surface area (TPSA) is 124 Å². The van der Waals surface area contributed by atoms with Gasteiger partial charge >= 0.3 is 5.69 Å². The van der Waals surface area contributed by atoms with E-state index < -0.39 is 17.2 Å². The van der Waals surface area contributed by atoms with Crippen molar-refractivity contribution in [2.75, 3.05) is 24.3 Å². The Bertz CT molecular complexity index is 1520. The normalized spacial score (nSPS) is 11.2. The average Bonchev–Trinajstić information content (AvgIpc) is 3.19. The van der Waals surface area contributed by atoms with E-state index in [1.165, 1.54) is 9.47 Å². The molecule has 0 unspecified atom stereocenters. The number of fused-ring (bicyclic) bond motifs is 1. The van der Waals surface area contributed by atoms with Crippen LogP contribution in [0.5, 0.6) is 5.75 Å². The highest BCUT2D eigenvalue weighted by molar-refractivity contribution is 6.09. The smallest absolute Gasteiger partial charge is 0.330 e. The lowest BCUT2D eigenvalue weighted by molar-refractivity contribution is 0.0960. The first-order valence-electron chi connectivity index (χ1n) is 11.8. The minimum absolute atomic E-state index is 0.0754. The summed E-state index contributed by atoms with van der Waals surface area (Å²) >= 11 is 0. The second-order valence-corrected chi connectivity index (χ2v) is 9.12. The molecule has 0 atom stereocenters. The van der Waals surface area contributed by atoms with E-state index in [1.54, 1.807) is 32.2 Å². The van der Waals surface area contributed by atoms with Gasteiger partial charge in [0.2, 0.25) is 0 Å². The zero-order valence-electron chi connectivity index (χ0n) is 20.8. The fourth-order valence-corrected chi connectivity index (χ4v) is 4.12. The van der Waals surface area contributed by atoms with Crippen molar-refractivity contribution in [2.24, 2.45) is 5.92 Å². The summed E-state index contributed by atoms with van der Waals surface area (Å²) in [5, 5.41) is 0.734. The van der Waals surface area contributed by atoms with Crippen LogP contribution in [0.1, 0.15) is 41.9 Å². The number of amides is 1. The van der Waals surface area contributed by atoms with Gasteiger partial charge in [0.15, 0.2) is 11.4 Å².